The fourth-order valence-electron chi connectivity index (χ4n) is 6.68. The van der Waals surface area contributed by atoms with Crippen molar-refractivity contribution in [2.75, 3.05) is 39.5 Å². The van der Waals surface area contributed by atoms with Gasteiger partial charge in [-0.3, -0.25) is 19.3 Å². The lowest BCUT2D eigenvalue weighted by Crippen LogP contribution is -2.59. The van der Waals surface area contributed by atoms with Gasteiger partial charge in [-0.25, -0.2) is 9.59 Å². The minimum absolute atomic E-state index is 0.0108. The molecule has 284 valence electrons. The molecule has 1 aliphatic carbocycles. The van der Waals surface area contributed by atoms with Crippen LogP contribution in [0, 0.1) is 5.92 Å². The molecule has 2 aliphatic heterocycles. The van der Waals surface area contributed by atoms with Crippen molar-refractivity contribution in [3.63, 3.8) is 0 Å². The smallest absolute Gasteiger partial charge is 0.408 e. The zero-order valence-electron chi connectivity index (χ0n) is 30.2. The third-order valence-corrected chi connectivity index (χ3v) is 9.35. The molecule has 51 heavy (non-hydrogen) atoms. The molecule has 0 radical (unpaired) electrons. The Bertz CT molecular complexity index is 1290. The van der Waals surface area contributed by atoms with E-state index in [9.17, 15) is 29.1 Å². The number of nitrogens with one attached hydrogen (secondary N) is 3. The quantitative estimate of drug-likeness (QED) is 0.218. The normalized spacial score (nSPS) is 25.7. The van der Waals surface area contributed by atoms with Crippen LogP contribution in [-0.2, 0) is 44.5 Å². The van der Waals surface area contributed by atoms with Crippen molar-refractivity contribution in [2.24, 2.45) is 5.92 Å². The topological polar surface area (TPSA) is 182 Å². The number of rotatable bonds is 9. The number of benzene rings is 1. The number of nitrogens with zero attached hydrogens (tertiary/aromatic N) is 1. The first-order chi connectivity index (χ1) is 24.4. The van der Waals surface area contributed by atoms with Gasteiger partial charge in [-0.2, -0.15) is 0 Å². The SMILES string of the molecule is CC(C)(C)OC(=O)N[C@@H](Cc1ccccc1)C(=O)NC1COC(=O)CCCC(CN2CCOCC2)OC(=O)[C@H](O)C(CC2CCCCC2)NC1=O. The van der Waals surface area contributed by atoms with Crippen LogP contribution in [0.15, 0.2) is 30.3 Å². The summed E-state index contributed by atoms with van der Waals surface area (Å²) in [6.45, 7) is 7.50. The molecule has 3 unspecified atom stereocenters. The van der Waals surface area contributed by atoms with E-state index in [1.807, 2.05) is 6.07 Å². The molecule has 1 aromatic carbocycles. The Kier molecular flexibility index (Phi) is 15.5. The zero-order chi connectivity index (χ0) is 36.8. The summed E-state index contributed by atoms with van der Waals surface area (Å²) in [6.07, 6.45) is 2.94. The van der Waals surface area contributed by atoms with Gasteiger partial charge >= 0.3 is 18.0 Å². The standard InChI is InChI=1S/C37H56N4O10/c1-37(2,3)51-36(47)40-29(22-26-13-8-5-9-14-26)33(44)39-30-24-49-31(42)16-10-15-27(23-41-17-19-48-20-18-41)50-35(46)32(43)28(38-34(30)45)21-25-11-6-4-7-12-25/h5,8-9,13-14,25,27-30,32,43H,4,6-7,10-12,15-24H2,1-3H3,(H,38,45)(H,39,44)(H,40,47)/t27?,28?,29-,30?,32+/m0/s1. The fourth-order valence-corrected chi connectivity index (χ4v) is 6.68. The molecule has 2 saturated heterocycles. The van der Waals surface area contributed by atoms with Crippen LogP contribution in [0.4, 0.5) is 4.79 Å². The molecule has 5 atom stereocenters. The Hall–Kier alpha value is -3.75. The van der Waals surface area contributed by atoms with Gasteiger partial charge in [0.1, 0.15) is 30.4 Å². The second-order valence-electron chi connectivity index (χ2n) is 14.8. The maximum atomic E-state index is 13.9. The number of hydrogen-bond acceptors (Lipinski definition) is 11. The highest BCUT2D eigenvalue weighted by Crippen LogP contribution is 2.28. The number of aliphatic hydroxyl groups excluding tert-OH is 1. The average Bonchev–Trinajstić information content (AvgIpc) is 3.09. The van der Waals surface area contributed by atoms with E-state index in [1.54, 1.807) is 45.0 Å². The first kappa shape index (κ1) is 40.0. The minimum Gasteiger partial charge on any atom is -0.463 e. The van der Waals surface area contributed by atoms with E-state index in [0.29, 0.717) is 52.1 Å². The fraction of sp³-hybridized carbons (Fsp3) is 0.703. The number of cyclic esters (lactones) is 2. The summed E-state index contributed by atoms with van der Waals surface area (Å²) in [5.74, 6) is -2.73. The summed E-state index contributed by atoms with van der Waals surface area (Å²) in [4.78, 5) is 69.0. The molecule has 4 N–H and O–H groups in total. The van der Waals surface area contributed by atoms with Gasteiger partial charge in [0.25, 0.3) is 0 Å². The van der Waals surface area contributed by atoms with Gasteiger partial charge < -0.3 is 40.0 Å². The van der Waals surface area contributed by atoms with Crippen LogP contribution in [0.3, 0.4) is 0 Å². The van der Waals surface area contributed by atoms with Crippen LogP contribution < -0.4 is 16.0 Å². The second kappa shape index (κ2) is 19.7. The van der Waals surface area contributed by atoms with Crippen LogP contribution in [-0.4, -0.2) is 115 Å². The Morgan fingerprint density at radius 3 is 2.41 bits per heavy atom. The van der Waals surface area contributed by atoms with Crippen LogP contribution in [0.2, 0.25) is 0 Å². The molecule has 3 aliphatic rings. The molecular formula is C37H56N4O10. The van der Waals surface area contributed by atoms with Crippen LogP contribution in [0.25, 0.3) is 0 Å². The molecule has 1 aromatic rings. The van der Waals surface area contributed by atoms with Crippen molar-refractivity contribution in [2.45, 2.75) is 121 Å². The highest BCUT2D eigenvalue weighted by molar-refractivity contribution is 5.92. The van der Waals surface area contributed by atoms with Crippen molar-refractivity contribution < 1.29 is 48.0 Å². The number of esters is 2. The van der Waals surface area contributed by atoms with Gasteiger partial charge in [-0.05, 0) is 51.5 Å². The van der Waals surface area contributed by atoms with Crippen molar-refractivity contribution >= 4 is 29.8 Å². The Labute approximate surface area is 300 Å². The number of aliphatic hydroxyl groups is 1. The van der Waals surface area contributed by atoms with Crippen molar-refractivity contribution in [3.05, 3.63) is 35.9 Å². The third kappa shape index (κ3) is 14.1. The molecule has 0 bridgehead atoms. The van der Waals surface area contributed by atoms with Gasteiger partial charge in [-0.15, -0.1) is 0 Å². The van der Waals surface area contributed by atoms with Gasteiger partial charge in [0, 0.05) is 32.5 Å². The Morgan fingerprint density at radius 2 is 1.73 bits per heavy atom. The molecule has 4 rings (SSSR count). The molecule has 3 amide bonds. The summed E-state index contributed by atoms with van der Waals surface area (Å²) in [6, 6.07) is 5.46. The van der Waals surface area contributed by atoms with Crippen molar-refractivity contribution in [3.8, 4) is 0 Å². The maximum absolute atomic E-state index is 13.9. The first-order valence-electron chi connectivity index (χ1n) is 18.3. The lowest BCUT2D eigenvalue weighted by atomic mass is 9.83. The predicted octanol–water partition coefficient (Wildman–Crippen LogP) is 2.39. The Balaban J connectivity index is 1.54. The number of morpholine rings is 1. The van der Waals surface area contributed by atoms with Crippen LogP contribution >= 0.6 is 0 Å². The van der Waals surface area contributed by atoms with Gasteiger partial charge in [0.05, 0.1) is 19.3 Å². The van der Waals surface area contributed by atoms with Gasteiger partial charge in [0.15, 0.2) is 6.10 Å². The van der Waals surface area contributed by atoms with E-state index in [1.165, 1.54) is 0 Å². The summed E-state index contributed by atoms with van der Waals surface area (Å²) >= 11 is 0. The largest absolute Gasteiger partial charge is 0.463 e. The molecule has 14 heteroatoms. The second-order valence-corrected chi connectivity index (χ2v) is 14.8. The lowest BCUT2D eigenvalue weighted by molar-refractivity contribution is -0.163. The number of ether oxygens (including phenoxy) is 4. The number of amides is 3. The number of carbonyl (C=O) groups is 5. The average molecular weight is 717 g/mol. The highest BCUT2D eigenvalue weighted by atomic mass is 16.6. The summed E-state index contributed by atoms with van der Waals surface area (Å²) in [7, 11) is 0. The van der Waals surface area contributed by atoms with E-state index in [0.717, 1.165) is 37.7 Å². The first-order valence-corrected chi connectivity index (χ1v) is 18.3. The van der Waals surface area contributed by atoms with Crippen LogP contribution in [0.5, 0.6) is 0 Å². The van der Waals surface area contributed by atoms with Gasteiger partial charge in [-0.1, -0.05) is 62.4 Å². The molecule has 14 nitrogen and oxygen atoms in total. The molecule has 0 spiro atoms. The van der Waals surface area contributed by atoms with E-state index >= 15 is 0 Å². The summed E-state index contributed by atoms with van der Waals surface area (Å²) < 4.78 is 22.2. The van der Waals surface area contributed by atoms with Crippen molar-refractivity contribution in [1.82, 2.24) is 20.9 Å². The van der Waals surface area contributed by atoms with Crippen molar-refractivity contribution in [1.29, 1.82) is 0 Å². The highest BCUT2D eigenvalue weighted by Gasteiger charge is 2.37. The Morgan fingerprint density at radius 1 is 1.02 bits per heavy atom. The lowest BCUT2D eigenvalue weighted by Gasteiger charge is -2.33. The molecule has 1 saturated carbocycles. The van der Waals surface area contributed by atoms with E-state index in [-0.39, 0.29) is 18.8 Å². The third-order valence-electron chi connectivity index (χ3n) is 9.35. The number of alkyl carbamates (subject to hydrolysis) is 1. The molecule has 0 aromatic heterocycles. The molecule has 2 heterocycles. The molecular weight excluding hydrogens is 660 g/mol. The van der Waals surface area contributed by atoms with E-state index < -0.39 is 72.4 Å². The van der Waals surface area contributed by atoms with E-state index in [2.05, 4.69) is 20.9 Å². The van der Waals surface area contributed by atoms with Crippen LogP contribution in [0.1, 0.15) is 84.1 Å². The van der Waals surface area contributed by atoms with E-state index in [4.69, 9.17) is 18.9 Å². The maximum Gasteiger partial charge on any atom is 0.408 e. The zero-order valence-corrected chi connectivity index (χ0v) is 30.2. The number of carbonyl (C=O) groups excluding carboxylic acids is 5. The predicted molar refractivity (Wildman–Crippen MR) is 186 cm³/mol. The number of hydrogen-bond donors (Lipinski definition) is 4. The summed E-state index contributed by atoms with van der Waals surface area (Å²) in [5, 5.41) is 19.5. The molecule has 3 fully saturated rings. The summed E-state index contributed by atoms with van der Waals surface area (Å²) in [5.41, 5.74) is -0.0775. The van der Waals surface area contributed by atoms with Gasteiger partial charge in [0.2, 0.25) is 11.8 Å². The monoisotopic (exact) mass is 716 g/mol. The minimum atomic E-state index is -1.66.